The topological polar surface area (TPSA) is 20.3 Å². The van der Waals surface area contributed by atoms with Gasteiger partial charge in [-0.05, 0) is 43.6 Å². The molecule has 126 valence electrons. The van der Waals surface area contributed by atoms with Gasteiger partial charge in [0.05, 0.1) is 0 Å². The SMILES string of the molecule is O=C(CCCC[C@H]1CCSS1)N1CCC(c2ccccc2)CC1. The zero-order chi connectivity index (χ0) is 15.9. The van der Waals surface area contributed by atoms with Crippen LogP contribution in [0.4, 0.5) is 0 Å². The van der Waals surface area contributed by atoms with Crippen molar-refractivity contribution in [2.24, 2.45) is 0 Å². The van der Waals surface area contributed by atoms with Crippen molar-refractivity contribution in [3.8, 4) is 0 Å². The first-order valence-electron chi connectivity index (χ1n) is 8.94. The molecule has 1 amide bonds. The number of hydrogen-bond donors (Lipinski definition) is 0. The fraction of sp³-hybridized carbons (Fsp3) is 0.632. The van der Waals surface area contributed by atoms with Crippen LogP contribution in [0, 0.1) is 0 Å². The molecule has 2 saturated heterocycles. The van der Waals surface area contributed by atoms with E-state index in [1.807, 2.05) is 21.6 Å². The highest BCUT2D eigenvalue weighted by molar-refractivity contribution is 8.77. The third-order valence-electron chi connectivity index (χ3n) is 5.01. The summed E-state index contributed by atoms with van der Waals surface area (Å²) in [6.07, 6.45) is 7.92. The highest BCUT2D eigenvalue weighted by Gasteiger charge is 2.23. The Labute approximate surface area is 148 Å². The first-order valence-corrected chi connectivity index (χ1v) is 11.3. The lowest BCUT2D eigenvalue weighted by Gasteiger charge is -2.32. The van der Waals surface area contributed by atoms with Crippen molar-refractivity contribution in [3.05, 3.63) is 35.9 Å². The van der Waals surface area contributed by atoms with Crippen molar-refractivity contribution < 1.29 is 4.79 Å². The molecule has 0 aliphatic carbocycles. The highest BCUT2D eigenvalue weighted by atomic mass is 33.1. The van der Waals surface area contributed by atoms with Crippen LogP contribution in [0.2, 0.25) is 0 Å². The van der Waals surface area contributed by atoms with E-state index in [-0.39, 0.29) is 0 Å². The molecule has 2 aliphatic rings. The molecule has 2 fully saturated rings. The predicted molar refractivity (Wildman–Crippen MR) is 102 cm³/mol. The second-order valence-corrected chi connectivity index (χ2v) is 9.43. The van der Waals surface area contributed by atoms with Crippen molar-refractivity contribution in [1.82, 2.24) is 4.90 Å². The van der Waals surface area contributed by atoms with Gasteiger partial charge >= 0.3 is 0 Å². The maximum atomic E-state index is 12.4. The summed E-state index contributed by atoms with van der Waals surface area (Å²) >= 11 is 0. The Hall–Kier alpha value is -0.610. The van der Waals surface area contributed by atoms with E-state index in [1.54, 1.807) is 0 Å². The molecule has 2 nitrogen and oxygen atoms in total. The molecular formula is C19H27NOS2. The molecule has 0 N–H and O–H groups in total. The van der Waals surface area contributed by atoms with E-state index in [1.165, 1.54) is 30.6 Å². The van der Waals surface area contributed by atoms with E-state index in [2.05, 4.69) is 35.2 Å². The van der Waals surface area contributed by atoms with Crippen LogP contribution in [0.3, 0.4) is 0 Å². The van der Waals surface area contributed by atoms with Crippen LogP contribution in [-0.4, -0.2) is 34.9 Å². The molecule has 1 aromatic rings. The number of rotatable bonds is 6. The Morgan fingerprint density at radius 1 is 1.09 bits per heavy atom. The monoisotopic (exact) mass is 349 g/mol. The van der Waals surface area contributed by atoms with Crippen LogP contribution >= 0.6 is 21.6 Å². The molecule has 2 heterocycles. The molecule has 1 atom stereocenters. The maximum absolute atomic E-state index is 12.4. The lowest BCUT2D eigenvalue weighted by Crippen LogP contribution is -2.37. The standard InChI is InChI=1S/C19H27NOS2/c21-19(9-5-4-8-18-12-15-22-23-18)20-13-10-17(11-14-20)16-6-2-1-3-7-16/h1-3,6-7,17-18H,4-5,8-15H2/t18-/m0/s1. The molecule has 0 aromatic heterocycles. The quantitative estimate of drug-likeness (QED) is 0.526. The molecule has 0 spiro atoms. The number of unbranched alkanes of at least 4 members (excludes halogenated alkanes) is 1. The molecular weight excluding hydrogens is 322 g/mol. The normalized spacial score (nSPS) is 22.4. The van der Waals surface area contributed by atoms with Gasteiger partial charge in [-0.1, -0.05) is 58.3 Å². The van der Waals surface area contributed by atoms with Crippen LogP contribution in [-0.2, 0) is 4.79 Å². The second kappa shape index (κ2) is 9.03. The number of carbonyl (C=O) groups is 1. The number of amides is 1. The minimum atomic E-state index is 0.380. The van der Waals surface area contributed by atoms with Gasteiger partial charge in [-0.3, -0.25) is 4.79 Å². The molecule has 0 bridgehead atoms. The van der Waals surface area contributed by atoms with Crippen molar-refractivity contribution in [2.75, 3.05) is 18.8 Å². The maximum Gasteiger partial charge on any atom is 0.222 e. The largest absolute Gasteiger partial charge is 0.343 e. The summed E-state index contributed by atoms with van der Waals surface area (Å²) in [6, 6.07) is 10.8. The Morgan fingerprint density at radius 2 is 1.87 bits per heavy atom. The molecule has 23 heavy (non-hydrogen) atoms. The summed E-state index contributed by atoms with van der Waals surface area (Å²) in [5.74, 6) is 2.33. The summed E-state index contributed by atoms with van der Waals surface area (Å²) in [5, 5.41) is 0.844. The smallest absolute Gasteiger partial charge is 0.222 e. The number of carbonyl (C=O) groups excluding carboxylic acids is 1. The van der Waals surface area contributed by atoms with Crippen LogP contribution in [0.25, 0.3) is 0 Å². The van der Waals surface area contributed by atoms with Crippen LogP contribution < -0.4 is 0 Å². The number of nitrogens with zero attached hydrogens (tertiary/aromatic N) is 1. The first-order chi connectivity index (χ1) is 11.3. The second-order valence-electron chi connectivity index (χ2n) is 6.64. The van der Waals surface area contributed by atoms with E-state index in [0.29, 0.717) is 11.8 Å². The van der Waals surface area contributed by atoms with Crippen molar-refractivity contribution in [2.45, 2.75) is 56.1 Å². The molecule has 2 aliphatic heterocycles. The van der Waals surface area contributed by atoms with Crippen LogP contribution in [0.5, 0.6) is 0 Å². The van der Waals surface area contributed by atoms with Crippen molar-refractivity contribution in [1.29, 1.82) is 0 Å². The number of benzene rings is 1. The van der Waals surface area contributed by atoms with Crippen LogP contribution in [0.1, 0.15) is 56.4 Å². The lowest BCUT2D eigenvalue weighted by molar-refractivity contribution is -0.132. The van der Waals surface area contributed by atoms with Gasteiger partial charge in [0, 0.05) is 30.5 Å². The van der Waals surface area contributed by atoms with Crippen LogP contribution in [0.15, 0.2) is 30.3 Å². The molecule has 0 saturated carbocycles. The van der Waals surface area contributed by atoms with E-state index in [4.69, 9.17) is 0 Å². The lowest BCUT2D eigenvalue weighted by atomic mass is 9.89. The van der Waals surface area contributed by atoms with E-state index < -0.39 is 0 Å². The summed E-state index contributed by atoms with van der Waals surface area (Å²) < 4.78 is 0. The molecule has 0 unspecified atom stereocenters. The number of piperidine rings is 1. The van der Waals surface area contributed by atoms with Gasteiger partial charge in [-0.15, -0.1) is 0 Å². The minimum absolute atomic E-state index is 0.380. The third-order valence-corrected chi connectivity index (χ3v) is 8.02. The molecule has 3 rings (SSSR count). The van der Waals surface area contributed by atoms with Gasteiger partial charge in [0.2, 0.25) is 5.91 Å². The average molecular weight is 350 g/mol. The Bertz CT molecular complexity index is 479. The average Bonchev–Trinajstić information content (AvgIpc) is 3.13. The predicted octanol–water partition coefficient (Wildman–Crippen LogP) is 5.11. The van der Waals surface area contributed by atoms with Gasteiger partial charge in [0.15, 0.2) is 0 Å². The minimum Gasteiger partial charge on any atom is -0.343 e. The van der Waals surface area contributed by atoms with Crippen molar-refractivity contribution in [3.63, 3.8) is 0 Å². The fourth-order valence-electron chi connectivity index (χ4n) is 3.56. The molecule has 4 heteroatoms. The summed E-state index contributed by atoms with van der Waals surface area (Å²) in [4.78, 5) is 14.5. The first kappa shape index (κ1) is 17.2. The zero-order valence-electron chi connectivity index (χ0n) is 13.8. The summed E-state index contributed by atoms with van der Waals surface area (Å²) in [5.41, 5.74) is 1.44. The third kappa shape index (κ3) is 5.18. The summed E-state index contributed by atoms with van der Waals surface area (Å²) in [6.45, 7) is 1.88. The van der Waals surface area contributed by atoms with Gasteiger partial charge in [-0.2, -0.15) is 0 Å². The van der Waals surface area contributed by atoms with E-state index in [9.17, 15) is 4.79 Å². The van der Waals surface area contributed by atoms with Gasteiger partial charge in [-0.25, -0.2) is 0 Å². The molecule has 0 radical (unpaired) electrons. The van der Waals surface area contributed by atoms with Gasteiger partial charge in [0.25, 0.3) is 0 Å². The van der Waals surface area contributed by atoms with E-state index >= 15 is 0 Å². The number of likely N-dealkylation sites (tertiary alicyclic amines) is 1. The van der Waals surface area contributed by atoms with Gasteiger partial charge in [0.1, 0.15) is 0 Å². The Morgan fingerprint density at radius 3 is 2.57 bits per heavy atom. The summed E-state index contributed by atoms with van der Waals surface area (Å²) in [7, 11) is 4.06. The van der Waals surface area contributed by atoms with E-state index in [0.717, 1.165) is 44.0 Å². The zero-order valence-corrected chi connectivity index (χ0v) is 15.4. The van der Waals surface area contributed by atoms with Crippen molar-refractivity contribution >= 4 is 27.5 Å². The Balaban J connectivity index is 1.33. The number of hydrogen-bond acceptors (Lipinski definition) is 3. The molecule has 1 aromatic carbocycles. The Kier molecular flexibility index (Phi) is 6.76. The fourth-order valence-corrected chi connectivity index (χ4v) is 6.59. The highest BCUT2D eigenvalue weighted by Crippen LogP contribution is 2.40. The van der Waals surface area contributed by atoms with Gasteiger partial charge < -0.3 is 4.90 Å².